The molecule has 0 atom stereocenters. The Labute approximate surface area is 274 Å². The smallest absolute Gasteiger partial charge is 0.324 e. The highest BCUT2D eigenvalue weighted by Crippen LogP contribution is 2.44. The molecule has 7 nitrogen and oxygen atoms in total. The van der Waals surface area contributed by atoms with E-state index < -0.39 is 17.4 Å². The topological polar surface area (TPSA) is 79.3 Å². The number of phenolic OH excluding ortho intramolecular Hbond substituents is 1. The van der Waals surface area contributed by atoms with Crippen LogP contribution in [0.5, 0.6) is 5.75 Å². The van der Waals surface area contributed by atoms with Gasteiger partial charge in [-0.3, -0.25) is 19.4 Å². The second-order valence-corrected chi connectivity index (χ2v) is 17.8. The van der Waals surface area contributed by atoms with Gasteiger partial charge in [0, 0.05) is 47.8 Å². The van der Waals surface area contributed by atoms with Crippen molar-refractivity contribution in [2.24, 2.45) is 5.41 Å². The van der Waals surface area contributed by atoms with E-state index >= 15 is 0 Å². The zero-order valence-electron chi connectivity index (χ0n) is 31.4. The molecule has 256 valence electrons. The first-order chi connectivity index (χ1) is 20.2. The van der Waals surface area contributed by atoms with Gasteiger partial charge in [-0.15, -0.1) is 0 Å². The highest BCUT2D eigenvalue weighted by Gasteiger charge is 2.53. The minimum Gasteiger partial charge on any atom is -0.507 e. The average Bonchev–Trinajstić information content (AvgIpc) is 2.86. The molecule has 1 N–H and O–H groups in total. The fourth-order valence-electron chi connectivity index (χ4n) is 8.05. The molecular formula is C38H64N2O5. The number of hydrogen-bond donors (Lipinski definition) is 1. The Kier molecular flexibility index (Phi) is 10.1. The van der Waals surface area contributed by atoms with E-state index in [-0.39, 0.29) is 58.4 Å². The van der Waals surface area contributed by atoms with Crippen molar-refractivity contribution in [3.63, 3.8) is 0 Å². The second-order valence-electron chi connectivity index (χ2n) is 17.8. The summed E-state index contributed by atoms with van der Waals surface area (Å²) in [6.07, 6.45) is 2.34. The summed E-state index contributed by atoms with van der Waals surface area (Å²) in [7, 11) is 4.24. The number of rotatable bonds is 7. The first-order valence-electron chi connectivity index (χ1n) is 16.9. The molecule has 0 saturated carbocycles. The molecule has 2 aliphatic heterocycles. The van der Waals surface area contributed by atoms with E-state index in [4.69, 9.17) is 9.47 Å². The second kappa shape index (κ2) is 12.2. The molecule has 7 heteroatoms. The summed E-state index contributed by atoms with van der Waals surface area (Å²) in [6, 6.07) is 2.00. The molecular weight excluding hydrogens is 564 g/mol. The van der Waals surface area contributed by atoms with Gasteiger partial charge < -0.3 is 14.6 Å². The maximum absolute atomic E-state index is 14.6. The number of esters is 2. The van der Waals surface area contributed by atoms with Crippen LogP contribution in [0.15, 0.2) is 6.07 Å². The van der Waals surface area contributed by atoms with E-state index in [0.717, 1.165) is 16.7 Å². The van der Waals surface area contributed by atoms with Crippen molar-refractivity contribution >= 4 is 11.9 Å². The molecule has 0 radical (unpaired) electrons. The normalized spacial score (nSPS) is 22.7. The molecule has 0 aliphatic carbocycles. The van der Waals surface area contributed by atoms with Crippen LogP contribution in [0.4, 0.5) is 0 Å². The van der Waals surface area contributed by atoms with Gasteiger partial charge >= 0.3 is 11.9 Å². The first kappa shape index (κ1) is 37.3. The van der Waals surface area contributed by atoms with Crippen LogP contribution in [0.25, 0.3) is 0 Å². The lowest BCUT2D eigenvalue weighted by molar-refractivity contribution is -0.188. The van der Waals surface area contributed by atoms with E-state index in [2.05, 4.69) is 100 Å². The number of nitrogens with zero attached hydrogens (tertiary/aromatic N) is 2. The zero-order valence-corrected chi connectivity index (χ0v) is 31.4. The predicted molar refractivity (Wildman–Crippen MR) is 183 cm³/mol. The van der Waals surface area contributed by atoms with Crippen LogP contribution in [-0.2, 0) is 30.9 Å². The van der Waals surface area contributed by atoms with Gasteiger partial charge in [0.2, 0.25) is 0 Å². The number of benzene rings is 1. The number of ether oxygens (including phenoxy) is 2. The molecule has 45 heavy (non-hydrogen) atoms. The number of hydrogen-bond acceptors (Lipinski definition) is 7. The minimum atomic E-state index is -1.56. The third-order valence-corrected chi connectivity index (χ3v) is 11.7. The van der Waals surface area contributed by atoms with Gasteiger partial charge in [-0.05, 0) is 124 Å². The lowest BCUT2D eigenvalue weighted by Crippen LogP contribution is -2.61. The van der Waals surface area contributed by atoms with E-state index in [0.29, 0.717) is 31.2 Å². The van der Waals surface area contributed by atoms with Gasteiger partial charge in [0.15, 0.2) is 5.41 Å². The fraction of sp³-hybridized carbons (Fsp3) is 0.789. The Bertz CT molecular complexity index is 1190. The van der Waals surface area contributed by atoms with Gasteiger partial charge in [0.1, 0.15) is 18.0 Å². The van der Waals surface area contributed by atoms with E-state index in [1.807, 2.05) is 26.8 Å². The van der Waals surface area contributed by atoms with Gasteiger partial charge in [-0.1, -0.05) is 33.8 Å². The summed E-state index contributed by atoms with van der Waals surface area (Å²) in [5.74, 6) is -0.839. The quantitative estimate of drug-likeness (QED) is 0.246. The Morgan fingerprint density at radius 2 is 1.16 bits per heavy atom. The number of aromatic hydroxyl groups is 1. The van der Waals surface area contributed by atoms with Crippen LogP contribution >= 0.6 is 0 Å². The van der Waals surface area contributed by atoms with E-state index in [9.17, 15) is 14.7 Å². The molecule has 1 aromatic rings. The lowest BCUT2D eigenvalue weighted by Gasteiger charge is -2.53. The van der Waals surface area contributed by atoms with Gasteiger partial charge in [0.25, 0.3) is 0 Å². The maximum Gasteiger partial charge on any atom is 0.324 e. The van der Waals surface area contributed by atoms with Gasteiger partial charge in [-0.25, -0.2) is 0 Å². The Morgan fingerprint density at radius 1 is 0.800 bits per heavy atom. The molecule has 1 aromatic carbocycles. The standard InChI is InChI=1S/C38H64N2O5/c1-17-38(23-28-24(2)18-29(33(4,5)6)30(41)25(28)3,31(42)44-26-19-34(7,8)39(15)35(9,10)20-26)32(43)45-27-21-36(11,12)40(16)37(13,14)22-27/h18,26-27,41H,17,19-23H2,1-16H3. The third-order valence-electron chi connectivity index (χ3n) is 11.7. The Hall–Kier alpha value is -2.12. The molecule has 2 fully saturated rings. The summed E-state index contributed by atoms with van der Waals surface area (Å²) in [6.45, 7) is 29.3. The Balaban J connectivity index is 2.09. The number of phenols is 1. The highest BCUT2D eigenvalue weighted by molar-refractivity contribution is 6.00. The lowest BCUT2D eigenvalue weighted by atomic mass is 9.74. The van der Waals surface area contributed by atoms with Crippen LogP contribution < -0.4 is 0 Å². The molecule has 0 aromatic heterocycles. The van der Waals surface area contributed by atoms with Crippen LogP contribution in [-0.4, -0.2) is 75.3 Å². The minimum absolute atomic E-state index is 0.107. The van der Waals surface area contributed by atoms with Crippen molar-refractivity contribution in [2.45, 2.75) is 175 Å². The summed E-state index contributed by atoms with van der Waals surface area (Å²) in [5, 5.41) is 11.3. The van der Waals surface area contributed by atoms with Crippen LogP contribution in [0, 0.1) is 19.3 Å². The summed E-state index contributed by atoms with van der Waals surface area (Å²) in [5.41, 5.74) is 0.719. The summed E-state index contributed by atoms with van der Waals surface area (Å²) >= 11 is 0. The molecule has 0 amide bonds. The number of aryl methyl sites for hydroxylation is 1. The van der Waals surface area contributed by atoms with Crippen LogP contribution in [0.3, 0.4) is 0 Å². The van der Waals surface area contributed by atoms with Crippen molar-refractivity contribution in [2.75, 3.05) is 14.1 Å². The van der Waals surface area contributed by atoms with Crippen molar-refractivity contribution < 1.29 is 24.2 Å². The first-order valence-corrected chi connectivity index (χ1v) is 16.9. The fourth-order valence-corrected chi connectivity index (χ4v) is 8.05. The molecule has 2 heterocycles. The summed E-state index contributed by atoms with van der Waals surface area (Å²) < 4.78 is 12.8. The predicted octanol–water partition coefficient (Wildman–Crippen LogP) is 7.63. The zero-order chi connectivity index (χ0) is 34.7. The number of likely N-dealkylation sites (tertiary alicyclic amines) is 2. The summed E-state index contributed by atoms with van der Waals surface area (Å²) in [4.78, 5) is 33.9. The number of carbonyl (C=O) groups is 2. The third kappa shape index (κ3) is 7.25. The molecule has 2 aliphatic rings. The van der Waals surface area contributed by atoms with Crippen molar-refractivity contribution in [1.29, 1.82) is 0 Å². The maximum atomic E-state index is 14.6. The SMILES string of the molecule is CCC(Cc1c(C)cc(C(C)(C)C)c(O)c1C)(C(=O)OC1CC(C)(C)N(C)C(C)(C)C1)C(=O)OC1CC(C)(C)N(C)C(C)(C)C1. The van der Waals surface area contributed by atoms with Gasteiger partial charge in [-0.2, -0.15) is 0 Å². The average molecular weight is 629 g/mol. The van der Waals surface area contributed by atoms with Crippen LogP contribution in [0.1, 0.15) is 137 Å². The van der Waals surface area contributed by atoms with E-state index in [1.165, 1.54) is 0 Å². The number of piperidine rings is 2. The highest BCUT2D eigenvalue weighted by atomic mass is 16.6. The Morgan fingerprint density at radius 3 is 1.47 bits per heavy atom. The molecule has 0 bridgehead atoms. The van der Waals surface area contributed by atoms with Crippen molar-refractivity contribution in [1.82, 2.24) is 9.80 Å². The van der Waals surface area contributed by atoms with E-state index in [1.54, 1.807) is 0 Å². The largest absolute Gasteiger partial charge is 0.507 e. The number of carbonyl (C=O) groups excluding carboxylic acids is 2. The van der Waals surface area contributed by atoms with Crippen molar-refractivity contribution in [3.05, 3.63) is 28.3 Å². The molecule has 0 spiro atoms. The monoisotopic (exact) mass is 628 g/mol. The molecule has 2 saturated heterocycles. The van der Waals surface area contributed by atoms with Gasteiger partial charge in [0.05, 0.1) is 0 Å². The molecule has 3 rings (SSSR count). The van der Waals surface area contributed by atoms with Crippen LogP contribution in [0.2, 0.25) is 0 Å². The molecule has 0 unspecified atom stereocenters. The van der Waals surface area contributed by atoms with Crippen molar-refractivity contribution in [3.8, 4) is 5.75 Å².